The predicted molar refractivity (Wildman–Crippen MR) is 57.8 cm³/mol. The van der Waals surface area contributed by atoms with Crippen LogP contribution in [0, 0.1) is 0 Å². The Hall–Kier alpha value is 0.0300. The minimum absolute atomic E-state index is 0.389. The third-order valence-corrected chi connectivity index (χ3v) is 2.59. The Morgan fingerprint density at radius 3 is 2.50 bits per heavy atom. The van der Waals surface area contributed by atoms with E-state index in [1.54, 1.807) is 0 Å². The Balaban J connectivity index is 3.24. The monoisotopic (exact) mass is 188 g/mol. The SMILES string of the molecule is C=C(CC)CCCC(Cl)CCC. The van der Waals surface area contributed by atoms with Crippen LogP contribution in [0.5, 0.6) is 0 Å². The van der Waals surface area contributed by atoms with Crippen LogP contribution in [0.1, 0.15) is 52.4 Å². The molecule has 12 heavy (non-hydrogen) atoms. The number of allylic oxidation sites excluding steroid dienone is 1. The average Bonchev–Trinajstić information content (AvgIpc) is 2.04. The summed E-state index contributed by atoms with van der Waals surface area (Å²) in [7, 11) is 0. The van der Waals surface area contributed by atoms with Gasteiger partial charge in [-0.2, -0.15) is 0 Å². The smallest absolute Gasteiger partial charge is 0.0336 e. The van der Waals surface area contributed by atoms with Crippen LogP contribution in [0.2, 0.25) is 0 Å². The van der Waals surface area contributed by atoms with Crippen molar-refractivity contribution in [1.82, 2.24) is 0 Å². The summed E-state index contributed by atoms with van der Waals surface area (Å²) in [6, 6.07) is 0. The van der Waals surface area contributed by atoms with E-state index in [2.05, 4.69) is 20.4 Å². The van der Waals surface area contributed by atoms with Crippen molar-refractivity contribution in [2.45, 2.75) is 57.7 Å². The largest absolute Gasteiger partial charge is 0.123 e. The van der Waals surface area contributed by atoms with Gasteiger partial charge in [-0.25, -0.2) is 0 Å². The second-order valence-electron chi connectivity index (χ2n) is 3.38. The lowest BCUT2D eigenvalue weighted by Crippen LogP contribution is -1.97. The predicted octanol–water partition coefficient (Wildman–Crippen LogP) is 4.53. The summed E-state index contributed by atoms with van der Waals surface area (Å²) in [5.74, 6) is 0. The van der Waals surface area contributed by atoms with Gasteiger partial charge in [-0.05, 0) is 32.1 Å². The molecule has 0 nitrogen and oxygen atoms in total. The van der Waals surface area contributed by atoms with E-state index in [-0.39, 0.29) is 0 Å². The maximum Gasteiger partial charge on any atom is 0.0336 e. The molecule has 0 aliphatic carbocycles. The molecule has 1 heteroatoms. The first kappa shape index (κ1) is 12.0. The van der Waals surface area contributed by atoms with Crippen molar-refractivity contribution in [3.05, 3.63) is 12.2 Å². The molecule has 0 aromatic heterocycles. The Morgan fingerprint density at radius 2 is 2.00 bits per heavy atom. The fourth-order valence-corrected chi connectivity index (χ4v) is 1.58. The molecule has 72 valence electrons. The van der Waals surface area contributed by atoms with Gasteiger partial charge in [0.2, 0.25) is 0 Å². The highest BCUT2D eigenvalue weighted by Crippen LogP contribution is 2.16. The molecule has 0 rings (SSSR count). The van der Waals surface area contributed by atoms with Crippen LogP contribution in [0.4, 0.5) is 0 Å². The highest BCUT2D eigenvalue weighted by Gasteiger charge is 2.02. The molecule has 0 heterocycles. The fraction of sp³-hybridized carbons (Fsp3) is 0.818. The minimum atomic E-state index is 0.389. The summed E-state index contributed by atoms with van der Waals surface area (Å²) in [5.41, 5.74) is 1.36. The van der Waals surface area contributed by atoms with Gasteiger partial charge in [0, 0.05) is 5.38 Å². The lowest BCUT2D eigenvalue weighted by Gasteiger charge is -2.07. The van der Waals surface area contributed by atoms with Crippen molar-refractivity contribution in [2.24, 2.45) is 0 Å². The van der Waals surface area contributed by atoms with Gasteiger partial charge in [0.05, 0.1) is 0 Å². The quantitative estimate of drug-likeness (QED) is 0.407. The molecule has 0 N–H and O–H groups in total. The first-order chi connectivity index (χ1) is 5.70. The number of hydrogen-bond acceptors (Lipinski definition) is 0. The van der Waals surface area contributed by atoms with Crippen LogP contribution in [0.25, 0.3) is 0 Å². The summed E-state index contributed by atoms with van der Waals surface area (Å²) in [4.78, 5) is 0. The maximum atomic E-state index is 6.08. The zero-order valence-corrected chi connectivity index (χ0v) is 9.16. The van der Waals surface area contributed by atoms with Crippen LogP contribution in [0.15, 0.2) is 12.2 Å². The van der Waals surface area contributed by atoms with E-state index in [1.165, 1.54) is 18.4 Å². The van der Waals surface area contributed by atoms with Crippen LogP contribution < -0.4 is 0 Å². The molecule has 0 fully saturated rings. The van der Waals surface area contributed by atoms with Gasteiger partial charge in [0.15, 0.2) is 0 Å². The molecule has 0 saturated carbocycles. The van der Waals surface area contributed by atoms with Gasteiger partial charge in [0.25, 0.3) is 0 Å². The lowest BCUT2D eigenvalue weighted by atomic mass is 10.1. The number of alkyl halides is 1. The van der Waals surface area contributed by atoms with E-state index >= 15 is 0 Å². The van der Waals surface area contributed by atoms with Gasteiger partial charge < -0.3 is 0 Å². The van der Waals surface area contributed by atoms with E-state index in [1.807, 2.05) is 0 Å². The normalized spacial score (nSPS) is 12.9. The molecular weight excluding hydrogens is 168 g/mol. The van der Waals surface area contributed by atoms with Crippen molar-refractivity contribution in [2.75, 3.05) is 0 Å². The topological polar surface area (TPSA) is 0 Å². The van der Waals surface area contributed by atoms with Crippen molar-refractivity contribution in [3.63, 3.8) is 0 Å². The van der Waals surface area contributed by atoms with Gasteiger partial charge in [-0.1, -0.05) is 32.4 Å². The summed E-state index contributed by atoms with van der Waals surface area (Å²) in [5, 5.41) is 0.389. The summed E-state index contributed by atoms with van der Waals surface area (Å²) in [6.07, 6.45) is 6.97. The second kappa shape index (κ2) is 7.67. The molecule has 1 atom stereocenters. The first-order valence-corrected chi connectivity index (χ1v) is 5.45. The Labute approximate surface area is 82.0 Å². The van der Waals surface area contributed by atoms with E-state index < -0.39 is 0 Å². The molecule has 0 saturated heterocycles. The average molecular weight is 189 g/mol. The van der Waals surface area contributed by atoms with Crippen LogP contribution >= 0.6 is 11.6 Å². The summed E-state index contributed by atoms with van der Waals surface area (Å²) in [6.45, 7) is 8.31. The van der Waals surface area contributed by atoms with Crippen molar-refractivity contribution in [3.8, 4) is 0 Å². The number of rotatable bonds is 7. The fourth-order valence-electron chi connectivity index (χ4n) is 1.21. The number of halogens is 1. The molecule has 0 amide bonds. The molecule has 0 aliphatic heterocycles. The van der Waals surface area contributed by atoms with Gasteiger partial charge in [0.1, 0.15) is 0 Å². The van der Waals surface area contributed by atoms with Crippen LogP contribution in [0.3, 0.4) is 0 Å². The van der Waals surface area contributed by atoms with Crippen molar-refractivity contribution in [1.29, 1.82) is 0 Å². The highest BCUT2D eigenvalue weighted by atomic mass is 35.5. The number of hydrogen-bond donors (Lipinski definition) is 0. The second-order valence-corrected chi connectivity index (χ2v) is 4.00. The zero-order valence-electron chi connectivity index (χ0n) is 8.41. The Morgan fingerprint density at radius 1 is 1.33 bits per heavy atom. The third-order valence-electron chi connectivity index (χ3n) is 2.15. The van der Waals surface area contributed by atoms with E-state index in [4.69, 9.17) is 11.6 Å². The van der Waals surface area contributed by atoms with Crippen LogP contribution in [-0.2, 0) is 0 Å². The minimum Gasteiger partial charge on any atom is -0.123 e. The van der Waals surface area contributed by atoms with Gasteiger partial charge in [-0.15, -0.1) is 11.6 Å². The zero-order chi connectivity index (χ0) is 9.40. The Bertz CT molecular complexity index is 118. The van der Waals surface area contributed by atoms with Crippen molar-refractivity contribution < 1.29 is 0 Å². The summed E-state index contributed by atoms with van der Waals surface area (Å²) >= 11 is 6.08. The molecule has 0 bridgehead atoms. The Kier molecular flexibility index (Phi) is 7.69. The summed E-state index contributed by atoms with van der Waals surface area (Å²) < 4.78 is 0. The van der Waals surface area contributed by atoms with Crippen molar-refractivity contribution >= 4 is 11.6 Å². The highest BCUT2D eigenvalue weighted by molar-refractivity contribution is 6.20. The molecule has 0 radical (unpaired) electrons. The van der Waals surface area contributed by atoms with Gasteiger partial charge >= 0.3 is 0 Å². The maximum absolute atomic E-state index is 6.08. The lowest BCUT2D eigenvalue weighted by molar-refractivity contribution is 0.635. The van der Waals surface area contributed by atoms with Crippen LogP contribution in [-0.4, -0.2) is 5.38 Å². The standard InChI is InChI=1S/C11H21Cl/c1-4-7-11(12)9-6-8-10(3)5-2/h11H,3-9H2,1-2H3. The van der Waals surface area contributed by atoms with E-state index in [9.17, 15) is 0 Å². The molecular formula is C11H21Cl. The molecule has 1 unspecified atom stereocenters. The molecule has 0 aromatic carbocycles. The van der Waals surface area contributed by atoms with E-state index in [0.717, 1.165) is 25.7 Å². The first-order valence-electron chi connectivity index (χ1n) is 5.01. The molecule has 0 aliphatic rings. The van der Waals surface area contributed by atoms with Gasteiger partial charge in [-0.3, -0.25) is 0 Å². The molecule has 0 spiro atoms. The third kappa shape index (κ3) is 6.72. The van der Waals surface area contributed by atoms with E-state index in [0.29, 0.717) is 5.38 Å². The molecule has 0 aromatic rings.